The Bertz CT molecular complexity index is 711. The number of aliphatic hydroxyl groups is 1. The standard InChI is InChI=1S/C22H28O3/c1-22(2,25)15-5-3-4-8-17-9-6-10-18(16-17)13-14-19-11-7-12-20(23)21(19)24/h6-7,9-14,16,23-25H,3-5,8,15H2,1-2H3. The molecule has 0 unspecified atom stereocenters. The zero-order valence-corrected chi connectivity index (χ0v) is 15.1. The van der Waals surface area contributed by atoms with Crippen LogP contribution < -0.4 is 0 Å². The Morgan fingerprint density at radius 1 is 0.920 bits per heavy atom. The third kappa shape index (κ3) is 6.63. The summed E-state index contributed by atoms with van der Waals surface area (Å²) < 4.78 is 0. The molecule has 0 fully saturated rings. The molecule has 2 rings (SSSR count). The molecule has 2 aromatic rings. The van der Waals surface area contributed by atoms with Crippen molar-refractivity contribution in [3.05, 3.63) is 59.2 Å². The number of benzene rings is 2. The highest BCUT2D eigenvalue weighted by atomic mass is 16.3. The van der Waals surface area contributed by atoms with E-state index in [0.29, 0.717) is 5.56 Å². The first kappa shape index (κ1) is 19.1. The van der Waals surface area contributed by atoms with Gasteiger partial charge in [-0.05, 0) is 50.3 Å². The predicted molar refractivity (Wildman–Crippen MR) is 104 cm³/mol. The molecular weight excluding hydrogens is 312 g/mol. The summed E-state index contributed by atoms with van der Waals surface area (Å²) >= 11 is 0. The topological polar surface area (TPSA) is 60.7 Å². The van der Waals surface area contributed by atoms with Gasteiger partial charge in [0.25, 0.3) is 0 Å². The van der Waals surface area contributed by atoms with Gasteiger partial charge in [-0.15, -0.1) is 0 Å². The molecule has 0 saturated carbocycles. The number of phenols is 2. The number of phenolic OH excluding ortho intramolecular Hbond substituents is 2. The van der Waals surface area contributed by atoms with Crippen LogP contribution in [-0.4, -0.2) is 20.9 Å². The molecule has 0 aliphatic rings. The van der Waals surface area contributed by atoms with Gasteiger partial charge in [0.2, 0.25) is 0 Å². The minimum absolute atomic E-state index is 0.0956. The summed E-state index contributed by atoms with van der Waals surface area (Å²) in [6, 6.07) is 13.3. The molecule has 0 aliphatic carbocycles. The van der Waals surface area contributed by atoms with Gasteiger partial charge in [-0.1, -0.05) is 61.4 Å². The fraction of sp³-hybridized carbons (Fsp3) is 0.364. The Hall–Kier alpha value is -2.26. The maximum Gasteiger partial charge on any atom is 0.164 e. The number of aryl methyl sites for hydroxylation is 1. The minimum atomic E-state index is -0.567. The fourth-order valence-corrected chi connectivity index (χ4v) is 2.78. The van der Waals surface area contributed by atoms with Crippen molar-refractivity contribution >= 4 is 12.2 Å². The van der Waals surface area contributed by atoms with E-state index in [4.69, 9.17) is 0 Å². The summed E-state index contributed by atoms with van der Waals surface area (Å²) in [5.74, 6) is -0.205. The lowest BCUT2D eigenvalue weighted by Gasteiger charge is -2.16. The summed E-state index contributed by atoms with van der Waals surface area (Å²) in [6.07, 6.45) is 8.86. The van der Waals surface area contributed by atoms with E-state index in [-0.39, 0.29) is 11.5 Å². The summed E-state index contributed by atoms with van der Waals surface area (Å²) in [5.41, 5.74) is 2.38. The highest BCUT2D eigenvalue weighted by Crippen LogP contribution is 2.29. The molecule has 0 heterocycles. The first-order chi connectivity index (χ1) is 11.8. The Kier molecular flexibility index (Phi) is 6.65. The number of hydrogen-bond acceptors (Lipinski definition) is 3. The van der Waals surface area contributed by atoms with Crippen molar-refractivity contribution in [2.24, 2.45) is 0 Å². The van der Waals surface area contributed by atoms with Crippen LogP contribution >= 0.6 is 0 Å². The van der Waals surface area contributed by atoms with Crippen LogP contribution in [0.15, 0.2) is 42.5 Å². The molecule has 0 aromatic heterocycles. The monoisotopic (exact) mass is 340 g/mol. The molecule has 0 aliphatic heterocycles. The lowest BCUT2D eigenvalue weighted by Crippen LogP contribution is -2.17. The average Bonchev–Trinajstić information content (AvgIpc) is 2.55. The average molecular weight is 340 g/mol. The van der Waals surface area contributed by atoms with E-state index in [1.54, 1.807) is 18.2 Å². The smallest absolute Gasteiger partial charge is 0.164 e. The van der Waals surface area contributed by atoms with Crippen molar-refractivity contribution in [2.75, 3.05) is 0 Å². The molecule has 3 nitrogen and oxygen atoms in total. The molecule has 0 spiro atoms. The van der Waals surface area contributed by atoms with Crippen LogP contribution in [0.1, 0.15) is 56.2 Å². The van der Waals surface area contributed by atoms with Crippen LogP contribution in [0.2, 0.25) is 0 Å². The van der Waals surface area contributed by atoms with Crippen molar-refractivity contribution in [3.63, 3.8) is 0 Å². The lowest BCUT2D eigenvalue weighted by atomic mass is 9.98. The van der Waals surface area contributed by atoms with Gasteiger partial charge in [0.15, 0.2) is 11.5 Å². The van der Waals surface area contributed by atoms with Crippen LogP contribution in [0.4, 0.5) is 0 Å². The van der Waals surface area contributed by atoms with Crippen molar-refractivity contribution in [1.29, 1.82) is 0 Å². The number of hydrogen-bond donors (Lipinski definition) is 3. The van der Waals surface area contributed by atoms with E-state index in [1.807, 2.05) is 32.1 Å². The molecule has 0 amide bonds. The van der Waals surface area contributed by atoms with Gasteiger partial charge in [0, 0.05) is 5.56 Å². The SMILES string of the molecule is CC(C)(O)CCCCCc1cccc(C=Cc2cccc(O)c2O)c1. The molecule has 0 saturated heterocycles. The maximum absolute atomic E-state index is 9.83. The molecule has 3 heteroatoms. The van der Waals surface area contributed by atoms with E-state index in [9.17, 15) is 15.3 Å². The van der Waals surface area contributed by atoms with Crippen LogP contribution in [0, 0.1) is 0 Å². The van der Waals surface area contributed by atoms with Gasteiger partial charge in [-0.3, -0.25) is 0 Å². The third-order valence-corrected chi connectivity index (χ3v) is 4.21. The molecule has 134 valence electrons. The largest absolute Gasteiger partial charge is 0.504 e. The quantitative estimate of drug-likeness (QED) is 0.354. The fourth-order valence-electron chi connectivity index (χ4n) is 2.78. The summed E-state index contributed by atoms with van der Waals surface area (Å²) in [6.45, 7) is 3.71. The predicted octanol–water partition coefficient (Wildman–Crippen LogP) is 5.14. The van der Waals surface area contributed by atoms with Crippen molar-refractivity contribution < 1.29 is 15.3 Å². The zero-order valence-electron chi connectivity index (χ0n) is 15.1. The van der Waals surface area contributed by atoms with E-state index >= 15 is 0 Å². The van der Waals surface area contributed by atoms with Gasteiger partial charge >= 0.3 is 0 Å². The highest BCUT2D eigenvalue weighted by Gasteiger charge is 2.10. The van der Waals surface area contributed by atoms with Crippen LogP contribution in [0.3, 0.4) is 0 Å². The molecule has 0 radical (unpaired) electrons. The maximum atomic E-state index is 9.83. The lowest BCUT2D eigenvalue weighted by molar-refractivity contribution is 0.0681. The normalized spacial score (nSPS) is 12.0. The summed E-state index contributed by atoms with van der Waals surface area (Å²) in [5, 5.41) is 29.1. The summed E-state index contributed by atoms with van der Waals surface area (Å²) in [4.78, 5) is 0. The van der Waals surface area contributed by atoms with Gasteiger partial charge in [-0.25, -0.2) is 0 Å². The van der Waals surface area contributed by atoms with E-state index in [2.05, 4.69) is 12.1 Å². The van der Waals surface area contributed by atoms with Gasteiger partial charge in [0.1, 0.15) is 0 Å². The molecule has 0 bridgehead atoms. The van der Waals surface area contributed by atoms with Crippen LogP contribution in [0.5, 0.6) is 11.5 Å². The third-order valence-electron chi connectivity index (χ3n) is 4.21. The second kappa shape index (κ2) is 8.72. The number of aromatic hydroxyl groups is 2. The zero-order chi connectivity index (χ0) is 18.3. The highest BCUT2D eigenvalue weighted by molar-refractivity contribution is 5.74. The van der Waals surface area contributed by atoms with E-state index in [1.165, 1.54) is 11.6 Å². The van der Waals surface area contributed by atoms with E-state index in [0.717, 1.165) is 37.7 Å². The van der Waals surface area contributed by atoms with Crippen molar-refractivity contribution in [3.8, 4) is 11.5 Å². The second-order valence-electron chi connectivity index (χ2n) is 7.17. The minimum Gasteiger partial charge on any atom is -0.504 e. The first-order valence-corrected chi connectivity index (χ1v) is 8.85. The Balaban J connectivity index is 1.90. The second-order valence-corrected chi connectivity index (χ2v) is 7.17. The first-order valence-electron chi connectivity index (χ1n) is 8.85. The molecular formula is C22H28O3. The van der Waals surface area contributed by atoms with Gasteiger partial charge in [-0.2, -0.15) is 0 Å². The Morgan fingerprint density at radius 2 is 1.68 bits per heavy atom. The van der Waals surface area contributed by atoms with Crippen molar-refractivity contribution in [2.45, 2.75) is 51.6 Å². The summed E-state index contributed by atoms with van der Waals surface area (Å²) in [7, 11) is 0. The number of rotatable bonds is 8. The van der Waals surface area contributed by atoms with Crippen LogP contribution in [0.25, 0.3) is 12.2 Å². The molecule has 2 aromatic carbocycles. The van der Waals surface area contributed by atoms with Gasteiger partial charge in [0.05, 0.1) is 5.60 Å². The van der Waals surface area contributed by atoms with Gasteiger partial charge < -0.3 is 15.3 Å². The number of para-hydroxylation sites is 1. The Labute approximate surface area is 150 Å². The number of unbranched alkanes of at least 4 members (excludes halogenated alkanes) is 2. The molecule has 0 atom stereocenters. The van der Waals surface area contributed by atoms with Crippen LogP contribution in [-0.2, 0) is 6.42 Å². The Morgan fingerprint density at radius 3 is 2.44 bits per heavy atom. The van der Waals surface area contributed by atoms with E-state index < -0.39 is 5.60 Å². The van der Waals surface area contributed by atoms with Crippen molar-refractivity contribution in [1.82, 2.24) is 0 Å². The molecule has 25 heavy (non-hydrogen) atoms. The molecule has 3 N–H and O–H groups in total.